The summed E-state index contributed by atoms with van der Waals surface area (Å²) in [6, 6.07) is 11.7. The van der Waals surface area contributed by atoms with Gasteiger partial charge in [-0.25, -0.2) is 8.42 Å². The van der Waals surface area contributed by atoms with Gasteiger partial charge in [-0.05, 0) is 62.6 Å². The Bertz CT molecular complexity index is 1040. The molecule has 7 nitrogen and oxygen atoms in total. The van der Waals surface area contributed by atoms with Gasteiger partial charge in [-0.3, -0.25) is 9.69 Å². The molecule has 1 amide bonds. The van der Waals surface area contributed by atoms with Crippen LogP contribution in [0.15, 0.2) is 73.6 Å². The third kappa shape index (κ3) is 4.30. The minimum Gasteiger partial charge on any atom is -0.468 e. The average molecular weight is 423 g/mol. The Morgan fingerprint density at radius 2 is 1.86 bits per heavy atom. The van der Waals surface area contributed by atoms with Crippen LogP contribution in [0.4, 0.5) is 0 Å². The number of nitrogens with zero attached hydrogens (tertiary/aromatic N) is 1. The van der Waals surface area contributed by atoms with E-state index >= 15 is 0 Å². The normalized spacial score (nSPS) is 12.9. The van der Waals surface area contributed by atoms with Crippen molar-refractivity contribution in [3.63, 3.8) is 0 Å². The van der Waals surface area contributed by atoms with Crippen LogP contribution in [0.2, 0.25) is 5.02 Å². The molecule has 28 heavy (non-hydrogen) atoms. The Labute approximate surface area is 167 Å². The molecule has 148 valence electrons. The molecule has 0 aliphatic rings. The summed E-state index contributed by atoms with van der Waals surface area (Å²) in [5.74, 6) is 0.0937. The predicted molar refractivity (Wildman–Crippen MR) is 103 cm³/mol. The zero-order valence-electron chi connectivity index (χ0n) is 15.3. The van der Waals surface area contributed by atoms with Gasteiger partial charge in [0.1, 0.15) is 5.76 Å². The summed E-state index contributed by atoms with van der Waals surface area (Å²) in [4.78, 5) is 14.3. The van der Waals surface area contributed by atoms with Gasteiger partial charge in [0.05, 0.1) is 17.2 Å². The second kappa shape index (κ2) is 8.22. The number of benzene rings is 1. The van der Waals surface area contributed by atoms with Crippen LogP contribution in [-0.4, -0.2) is 39.9 Å². The van der Waals surface area contributed by atoms with Crippen molar-refractivity contribution in [3.05, 3.63) is 71.3 Å². The number of sulfone groups is 1. The summed E-state index contributed by atoms with van der Waals surface area (Å²) in [6.45, 7) is 0.263. The highest BCUT2D eigenvalue weighted by Crippen LogP contribution is 2.24. The molecule has 0 bridgehead atoms. The Morgan fingerprint density at radius 3 is 2.46 bits per heavy atom. The van der Waals surface area contributed by atoms with E-state index in [0.29, 0.717) is 10.8 Å². The fourth-order valence-electron chi connectivity index (χ4n) is 2.61. The van der Waals surface area contributed by atoms with Crippen LogP contribution in [0.1, 0.15) is 22.4 Å². The van der Waals surface area contributed by atoms with Crippen molar-refractivity contribution in [1.29, 1.82) is 0 Å². The van der Waals surface area contributed by atoms with Crippen LogP contribution in [0.25, 0.3) is 0 Å². The molecule has 2 heterocycles. The maximum absolute atomic E-state index is 12.6. The quantitative estimate of drug-likeness (QED) is 0.627. The molecule has 2 aromatic heterocycles. The molecule has 1 unspecified atom stereocenters. The summed E-state index contributed by atoms with van der Waals surface area (Å²) < 4.78 is 35.9. The molecule has 0 saturated heterocycles. The first-order valence-corrected chi connectivity index (χ1v) is 10.2. The molecule has 1 N–H and O–H groups in total. The summed E-state index contributed by atoms with van der Waals surface area (Å²) in [7, 11) is -0.149. The van der Waals surface area contributed by atoms with E-state index < -0.39 is 15.7 Å². The third-order valence-electron chi connectivity index (χ3n) is 4.14. The van der Waals surface area contributed by atoms with E-state index in [1.807, 2.05) is 25.1 Å². The third-order valence-corrected chi connectivity index (χ3v) is 6.04. The van der Waals surface area contributed by atoms with Gasteiger partial charge in [-0.15, -0.1) is 0 Å². The van der Waals surface area contributed by atoms with Crippen LogP contribution >= 0.6 is 11.6 Å². The first-order valence-electron chi connectivity index (χ1n) is 8.37. The van der Waals surface area contributed by atoms with Crippen molar-refractivity contribution >= 4 is 27.3 Å². The maximum atomic E-state index is 12.6. The lowest BCUT2D eigenvalue weighted by atomic mass is 10.2. The van der Waals surface area contributed by atoms with Crippen LogP contribution in [-0.2, 0) is 9.84 Å². The van der Waals surface area contributed by atoms with E-state index in [9.17, 15) is 13.2 Å². The summed E-state index contributed by atoms with van der Waals surface area (Å²) >= 11 is 5.79. The van der Waals surface area contributed by atoms with Crippen molar-refractivity contribution in [1.82, 2.24) is 10.2 Å². The van der Waals surface area contributed by atoms with E-state index in [1.54, 1.807) is 12.3 Å². The molecular formula is C19H19ClN2O5S. The number of amides is 1. The van der Waals surface area contributed by atoms with Gasteiger partial charge in [-0.2, -0.15) is 0 Å². The number of nitrogens with one attached hydrogen (secondary N) is 1. The minimum absolute atomic E-state index is 0.0312. The summed E-state index contributed by atoms with van der Waals surface area (Å²) in [6.07, 6.45) is 1.56. The standard InChI is InChI=1S/C19H19ClN2O5S/c1-22(2)15(16-4-3-11-26-16)12-21-19(23)17-9-10-18(27-17)28(24,25)14-7-5-13(20)6-8-14/h3-11,15H,12H2,1-2H3,(H,21,23). The van der Waals surface area contributed by atoms with E-state index in [-0.39, 0.29) is 28.3 Å². The lowest BCUT2D eigenvalue weighted by molar-refractivity contribution is 0.0906. The van der Waals surface area contributed by atoms with Crippen LogP contribution in [0.5, 0.6) is 0 Å². The van der Waals surface area contributed by atoms with E-state index in [2.05, 4.69) is 5.32 Å². The second-order valence-corrected chi connectivity index (χ2v) is 8.60. The van der Waals surface area contributed by atoms with Gasteiger partial charge in [0, 0.05) is 11.6 Å². The minimum atomic E-state index is -3.88. The SMILES string of the molecule is CN(C)C(CNC(=O)c1ccc(S(=O)(=O)c2ccc(Cl)cc2)o1)c1ccco1. The molecule has 1 aromatic carbocycles. The number of furan rings is 2. The zero-order valence-corrected chi connectivity index (χ0v) is 16.8. The molecule has 0 radical (unpaired) electrons. The summed E-state index contributed by atoms with van der Waals surface area (Å²) in [5.41, 5.74) is 0. The Kier molecular flexibility index (Phi) is 5.93. The topological polar surface area (TPSA) is 92.8 Å². The molecule has 0 aliphatic carbocycles. The van der Waals surface area contributed by atoms with Crippen molar-refractivity contribution < 1.29 is 22.0 Å². The molecule has 9 heteroatoms. The Morgan fingerprint density at radius 1 is 1.14 bits per heavy atom. The Balaban J connectivity index is 1.72. The van der Waals surface area contributed by atoms with Gasteiger partial charge in [0.15, 0.2) is 5.76 Å². The lowest BCUT2D eigenvalue weighted by Gasteiger charge is -2.22. The first-order chi connectivity index (χ1) is 13.3. The largest absolute Gasteiger partial charge is 0.468 e. The molecular weight excluding hydrogens is 404 g/mol. The highest BCUT2D eigenvalue weighted by atomic mass is 35.5. The molecule has 0 saturated carbocycles. The monoisotopic (exact) mass is 422 g/mol. The van der Waals surface area contributed by atoms with E-state index in [0.717, 1.165) is 0 Å². The Hall–Kier alpha value is -2.55. The number of hydrogen-bond acceptors (Lipinski definition) is 6. The van der Waals surface area contributed by atoms with Crippen molar-refractivity contribution in [2.75, 3.05) is 20.6 Å². The first kappa shape index (κ1) is 20.2. The van der Waals surface area contributed by atoms with Crippen LogP contribution < -0.4 is 5.32 Å². The number of hydrogen-bond donors (Lipinski definition) is 1. The fourth-order valence-corrected chi connectivity index (χ4v) is 3.91. The highest BCUT2D eigenvalue weighted by Gasteiger charge is 2.24. The average Bonchev–Trinajstić information content (AvgIpc) is 3.34. The number of carbonyl (C=O) groups excluding carboxylic acids is 1. The predicted octanol–water partition coefficient (Wildman–Crippen LogP) is 3.39. The van der Waals surface area contributed by atoms with Crippen molar-refractivity contribution in [3.8, 4) is 0 Å². The highest BCUT2D eigenvalue weighted by molar-refractivity contribution is 7.91. The maximum Gasteiger partial charge on any atom is 0.287 e. The second-order valence-electron chi connectivity index (χ2n) is 6.28. The molecule has 0 spiro atoms. The number of carbonyl (C=O) groups is 1. The van der Waals surface area contributed by atoms with Crippen molar-refractivity contribution in [2.24, 2.45) is 0 Å². The smallest absolute Gasteiger partial charge is 0.287 e. The van der Waals surface area contributed by atoms with Gasteiger partial charge in [-0.1, -0.05) is 11.6 Å². The van der Waals surface area contributed by atoms with Crippen LogP contribution in [0, 0.1) is 0 Å². The fraction of sp³-hybridized carbons (Fsp3) is 0.211. The molecule has 3 rings (SSSR count). The van der Waals surface area contributed by atoms with Crippen LogP contribution in [0.3, 0.4) is 0 Å². The van der Waals surface area contributed by atoms with Gasteiger partial charge in [0.2, 0.25) is 14.9 Å². The molecule has 0 fully saturated rings. The molecule has 3 aromatic rings. The van der Waals surface area contributed by atoms with E-state index in [1.165, 1.54) is 36.4 Å². The number of likely N-dealkylation sites (N-methyl/N-ethyl adjacent to an activating group) is 1. The zero-order chi connectivity index (χ0) is 20.3. The molecule has 0 aliphatic heterocycles. The number of rotatable bonds is 7. The number of halogens is 1. The molecule has 1 atom stereocenters. The van der Waals surface area contributed by atoms with Crippen molar-refractivity contribution in [2.45, 2.75) is 16.0 Å². The lowest BCUT2D eigenvalue weighted by Crippen LogP contribution is -2.34. The van der Waals surface area contributed by atoms with E-state index in [4.69, 9.17) is 20.4 Å². The van der Waals surface area contributed by atoms with Gasteiger partial charge < -0.3 is 14.2 Å². The van der Waals surface area contributed by atoms with Gasteiger partial charge >= 0.3 is 0 Å². The summed E-state index contributed by atoms with van der Waals surface area (Å²) in [5, 5.41) is 2.85. The van der Waals surface area contributed by atoms with Gasteiger partial charge in [0.25, 0.3) is 5.91 Å².